The Balaban J connectivity index is 1.78. The van der Waals surface area contributed by atoms with Gasteiger partial charge in [-0.3, -0.25) is 9.78 Å². The highest BCUT2D eigenvalue weighted by molar-refractivity contribution is 6.32. The van der Waals surface area contributed by atoms with Gasteiger partial charge in [-0.05, 0) is 31.2 Å². The van der Waals surface area contributed by atoms with Crippen molar-refractivity contribution in [2.24, 2.45) is 5.10 Å². The second-order valence-corrected chi connectivity index (χ2v) is 5.33. The Morgan fingerprint density at radius 2 is 1.92 bits per heavy atom. The van der Waals surface area contributed by atoms with Gasteiger partial charge in [0.25, 0.3) is 5.91 Å². The highest BCUT2D eigenvalue weighted by atomic mass is 35.5. The van der Waals surface area contributed by atoms with E-state index >= 15 is 0 Å². The number of hydrogen-bond acceptors (Lipinski definition) is 4. The summed E-state index contributed by atoms with van der Waals surface area (Å²) >= 11 is 6.19. The summed E-state index contributed by atoms with van der Waals surface area (Å²) in [6, 6.07) is 12.9. The summed E-state index contributed by atoms with van der Waals surface area (Å²) in [4.78, 5) is 15.8. The van der Waals surface area contributed by atoms with Crippen molar-refractivity contribution in [3.05, 3.63) is 76.8 Å². The largest absolute Gasteiger partial charge is 0.271 e. The van der Waals surface area contributed by atoms with E-state index in [1.54, 1.807) is 29.2 Å². The van der Waals surface area contributed by atoms with Gasteiger partial charge in [0.05, 0.1) is 23.2 Å². The monoisotopic (exact) mass is 339 g/mol. The molecule has 1 N–H and O–H groups in total. The molecule has 3 rings (SSSR count). The van der Waals surface area contributed by atoms with Gasteiger partial charge in [-0.15, -0.1) is 0 Å². The predicted octanol–water partition coefficient (Wildman–Crippen LogP) is 2.99. The van der Waals surface area contributed by atoms with Crippen LogP contribution in [0.2, 0.25) is 5.15 Å². The first-order valence-electron chi connectivity index (χ1n) is 7.21. The van der Waals surface area contributed by atoms with Gasteiger partial charge in [0, 0.05) is 18.0 Å². The molecule has 3 aromatic rings. The molecule has 1 amide bonds. The number of aromatic nitrogens is 3. The second-order valence-electron chi connectivity index (χ2n) is 4.97. The molecule has 0 atom stereocenters. The lowest BCUT2D eigenvalue weighted by atomic mass is 10.2. The number of para-hydroxylation sites is 1. The Morgan fingerprint density at radius 3 is 2.62 bits per heavy atom. The Morgan fingerprint density at radius 1 is 1.21 bits per heavy atom. The fourth-order valence-corrected chi connectivity index (χ4v) is 2.43. The van der Waals surface area contributed by atoms with Gasteiger partial charge in [0.2, 0.25) is 0 Å². The number of pyridine rings is 1. The minimum Gasteiger partial charge on any atom is -0.267 e. The molecule has 2 aromatic heterocycles. The second kappa shape index (κ2) is 7.06. The third-order valence-corrected chi connectivity index (χ3v) is 3.70. The first kappa shape index (κ1) is 15.9. The molecule has 0 fully saturated rings. The molecule has 0 saturated carbocycles. The highest BCUT2D eigenvalue weighted by Crippen LogP contribution is 2.20. The van der Waals surface area contributed by atoms with Crippen LogP contribution in [0.5, 0.6) is 0 Å². The molecule has 0 unspecified atom stereocenters. The highest BCUT2D eigenvalue weighted by Gasteiger charge is 2.12. The fraction of sp³-hybridized carbons (Fsp3) is 0.0588. The van der Waals surface area contributed by atoms with Crippen molar-refractivity contribution in [2.75, 3.05) is 0 Å². The Bertz CT molecular complexity index is 875. The molecule has 0 saturated heterocycles. The Kier molecular flexibility index (Phi) is 4.67. The van der Waals surface area contributed by atoms with E-state index in [9.17, 15) is 4.79 Å². The van der Waals surface area contributed by atoms with Crippen molar-refractivity contribution in [1.82, 2.24) is 20.2 Å². The minimum absolute atomic E-state index is 0.318. The van der Waals surface area contributed by atoms with Crippen LogP contribution in [0.15, 0.2) is 60.0 Å². The number of halogens is 1. The van der Waals surface area contributed by atoms with Crippen molar-refractivity contribution >= 4 is 23.7 Å². The quantitative estimate of drug-likeness (QED) is 0.586. The molecular formula is C17H14ClN5O. The van der Waals surface area contributed by atoms with Crippen molar-refractivity contribution in [3.63, 3.8) is 0 Å². The molecule has 0 spiro atoms. The lowest BCUT2D eigenvalue weighted by molar-refractivity contribution is 0.0955. The number of nitrogens with zero attached hydrogens (tertiary/aromatic N) is 4. The molecule has 0 bridgehead atoms. The van der Waals surface area contributed by atoms with Crippen LogP contribution in [-0.4, -0.2) is 26.9 Å². The van der Waals surface area contributed by atoms with Crippen molar-refractivity contribution in [1.29, 1.82) is 0 Å². The third-order valence-electron chi connectivity index (χ3n) is 3.42. The molecule has 0 aliphatic rings. The molecule has 0 radical (unpaired) electrons. The van der Waals surface area contributed by atoms with Crippen LogP contribution >= 0.6 is 11.6 Å². The number of amides is 1. The number of nitrogens with one attached hydrogen (secondary N) is 1. The van der Waals surface area contributed by atoms with Crippen LogP contribution in [0, 0.1) is 6.92 Å². The van der Waals surface area contributed by atoms with Crippen LogP contribution in [0.25, 0.3) is 5.69 Å². The summed E-state index contributed by atoms with van der Waals surface area (Å²) in [5, 5.41) is 8.59. The molecule has 0 aliphatic carbocycles. The smallest absolute Gasteiger partial charge is 0.267 e. The summed E-state index contributed by atoms with van der Waals surface area (Å²) < 4.78 is 1.73. The van der Waals surface area contributed by atoms with Crippen LogP contribution < -0.4 is 5.43 Å². The molecule has 7 heteroatoms. The first-order chi connectivity index (χ1) is 11.7. The fourth-order valence-electron chi connectivity index (χ4n) is 2.17. The van der Waals surface area contributed by atoms with E-state index in [4.69, 9.17) is 11.6 Å². The third kappa shape index (κ3) is 3.33. The molecule has 6 nitrogen and oxygen atoms in total. The molecule has 0 aliphatic heterocycles. The maximum Gasteiger partial charge on any atom is 0.271 e. The average Bonchev–Trinajstić information content (AvgIpc) is 2.91. The van der Waals surface area contributed by atoms with Crippen LogP contribution in [0.4, 0.5) is 0 Å². The number of hydrogen-bond donors (Lipinski definition) is 1. The normalized spacial score (nSPS) is 10.9. The summed E-state index contributed by atoms with van der Waals surface area (Å²) in [6.07, 6.45) is 4.58. The number of carbonyl (C=O) groups is 1. The zero-order valence-electron chi connectivity index (χ0n) is 12.8. The van der Waals surface area contributed by atoms with Gasteiger partial charge in [-0.1, -0.05) is 29.8 Å². The molecular weight excluding hydrogens is 326 g/mol. The van der Waals surface area contributed by atoms with Crippen molar-refractivity contribution in [3.8, 4) is 5.69 Å². The van der Waals surface area contributed by atoms with Gasteiger partial charge in [-0.2, -0.15) is 10.2 Å². The van der Waals surface area contributed by atoms with Crippen LogP contribution in [0.3, 0.4) is 0 Å². The summed E-state index contributed by atoms with van der Waals surface area (Å²) in [7, 11) is 0. The summed E-state index contributed by atoms with van der Waals surface area (Å²) in [5.74, 6) is -0.321. The van der Waals surface area contributed by atoms with Crippen LogP contribution in [0.1, 0.15) is 21.6 Å². The summed E-state index contributed by atoms with van der Waals surface area (Å²) in [5.41, 5.74) is 5.31. The lowest BCUT2D eigenvalue weighted by Gasteiger charge is -2.03. The van der Waals surface area contributed by atoms with E-state index in [-0.39, 0.29) is 5.91 Å². The first-order valence-corrected chi connectivity index (χ1v) is 7.58. The SMILES string of the molecule is Cc1c(C=NNC(=O)c2ccncc2)c(Cl)nn1-c1ccccc1. The Hall–Kier alpha value is -2.99. The van der Waals surface area contributed by atoms with E-state index in [2.05, 4.69) is 20.6 Å². The molecule has 24 heavy (non-hydrogen) atoms. The maximum absolute atomic E-state index is 11.9. The Labute approximate surface area is 143 Å². The van der Waals surface area contributed by atoms with Gasteiger partial charge >= 0.3 is 0 Å². The zero-order chi connectivity index (χ0) is 16.9. The topological polar surface area (TPSA) is 72.2 Å². The van der Waals surface area contributed by atoms with Gasteiger partial charge in [0.15, 0.2) is 5.15 Å². The van der Waals surface area contributed by atoms with E-state index in [1.807, 2.05) is 37.3 Å². The van der Waals surface area contributed by atoms with Crippen molar-refractivity contribution < 1.29 is 4.79 Å². The van der Waals surface area contributed by atoms with E-state index < -0.39 is 0 Å². The zero-order valence-corrected chi connectivity index (χ0v) is 13.6. The van der Waals surface area contributed by atoms with Crippen LogP contribution in [-0.2, 0) is 0 Å². The van der Waals surface area contributed by atoms with Gasteiger partial charge in [0.1, 0.15) is 0 Å². The van der Waals surface area contributed by atoms with E-state index in [1.165, 1.54) is 6.21 Å². The average molecular weight is 340 g/mol. The van der Waals surface area contributed by atoms with E-state index in [0.717, 1.165) is 11.4 Å². The minimum atomic E-state index is -0.321. The number of benzene rings is 1. The van der Waals surface area contributed by atoms with E-state index in [0.29, 0.717) is 16.3 Å². The molecule has 1 aromatic carbocycles. The number of hydrazone groups is 1. The standard InChI is InChI=1S/C17H14ClN5O/c1-12-15(11-20-21-17(24)13-7-9-19-10-8-13)16(18)22-23(12)14-5-3-2-4-6-14/h2-11H,1H3,(H,21,24). The number of carbonyl (C=O) groups excluding carboxylic acids is 1. The molecule has 2 heterocycles. The lowest BCUT2D eigenvalue weighted by Crippen LogP contribution is -2.17. The van der Waals surface area contributed by atoms with Gasteiger partial charge in [-0.25, -0.2) is 10.1 Å². The maximum atomic E-state index is 11.9. The van der Waals surface area contributed by atoms with Gasteiger partial charge < -0.3 is 0 Å². The molecule has 120 valence electrons. The number of rotatable bonds is 4. The predicted molar refractivity (Wildman–Crippen MR) is 92.6 cm³/mol. The van der Waals surface area contributed by atoms with Crippen molar-refractivity contribution in [2.45, 2.75) is 6.92 Å². The summed E-state index contributed by atoms with van der Waals surface area (Å²) in [6.45, 7) is 1.89.